The van der Waals surface area contributed by atoms with Gasteiger partial charge in [0.2, 0.25) is 0 Å². The van der Waals surface area contributed by atoms with Crippen LogP contribution in [-0.4, -0.2) is 48.3 Å². The maximum absolute atomic E-state index is 10.5. The molecule has 1 aromatic rings. The largest absolute Gasteiger partial charge is 0.482 e. The topological polar surface area (TPSA) is 61.8 Å². The molecule has 0 aromatic heterocycles. The maximum atomic E-state index is 10.5. The Morgan fingerprint density at radius 1 is 1.52 bits per heavy atom. The van der Waals surface area contributed by atoms with Crippen molar-refractivity contribution in [2.24, 2.45) is 0 Å². The Kier molecular flexibility index (Phi) is 6.02. The molecular weight excluding hydrogens is 268 g/mol. The number of carbonyl (C=O) groups is 1. The Balaban J connectivity index is 1.77. The molecule has 0 saturated carbocycles. The average molecular weight is 292 g/mol. The van der Waals surface area contributed by atoms with Gasteiger partial charge in [0.1, 0.15) is 5.75 Å². The quantitative estimate of drug-likeness (QED) is 0.764. The number of benzene rings is 1. The van der Waals surface area contributed by atoms with Crippen LogP contribution in [0.2, 0.25) is 0 Å². The molecule has 1 fully saturated rings. The predicted molar refractivity (Wildman–Crippen MR) is 81.5 cm³/mol. The van der Waals surface area contributed by atoms with E-state index < -0.39 is 5.97 Å². The van der Waals surface area contributed by atoms with Gasteiger partial charge >= 0.3 is 5.97 Å². The zero-order valence-corrected chi connectivity index (χ0v) is 12.5. The Morgan fingerprint density at radius 3 is 3.14 bits per heavy atom. The highest BCUT2D eigenvalue weighted by molar-refractivity contribution is 5.68. The zero-order chi connectivity index (χ0) is 15.1. The molecule has 1 saturated heterocycles. The van der Waals surface area contributed by atoms with E-state index in [1.807, 2.05) is 18.2 Å². The summed E-state index contributed by atoms with van der Waals surface area (Å²) >= 11 is 0. The lowest BCUT2D eigenvalue weighted by Crippen LogP contribution is -2.37. The minimum atomic E-state index is -0.959. The molecule has 0 amide bonds. The van der Waals surface area contributed by atoms with Crippen LogP contribution in [0.3, 0.4) is 0 Å². The summed E-state index contributed by atoms with van der Waals surface area (Å²) in [5.74, 6) is -0.354. The summed E-state index contributed by atoms with van der Waals surface area (Å²) in [6.45, 7) is 6.00. The molecule has 1 heterocycles. The van der Waals surface area contributed by atoms with Crippen LogP contribution in [0, 0.1) is 0 Å². The minimum absolute atomic E-state index is 0.301. The number of aliphatic carboxylic acids is 1. The van der Waals surface area contributed by atoms with E-state index in [1.54, 1.807) is 6.07 Å². The van der Waals surface area contributed by atoms with Gasteiger partial charge in [0, 0.05) is 19.1 Å². The van der Waals surface area contributed by atoms with Crippen molar-refractivity contribution in [3.8, 4) is 5.75 Å². The average Bonchev–Trinajstić information content (AvgIpc) is 2.93. The highest BCUT2D eigenvalue weighted by Crippen LogP contribution is 2.16. The van der Waals surface area contributed by atoms with Crippen LogP contribution < -0.4 is 10.1 Å². The number of rotatable bonds is 8. The molecule has 0 radical (unpaired) electrons. The number of hydrogen-bond donors (Lipinski definition) is 2. The van der Waals surface area contributed by atoms with Crippen molar-refractivity contribution in [2.45, 2.75) is 32.4 Å². The van der Waals surface area contributed by atoms with Crippen molar-refractivity contribution >= 4 is 5.97 Å². The first-order valence-corrected chi connectivity index (χ1v) is 7.57. The molecular formula is C16H24N2O3. The lowest BCUT2D eigenvalue weighted by atomic mass is 10.2. The number of likely N-dealkylation sites (tertiary alicyclic amines) is 1. The van der Waals surface area contributed by atoms with E-state index in [2.05, 4.69) is 17.1 Å². The lowest BCUT2D eigenvalue weighted by molar-refractivity contribution is -0.139. The van der Waals surface area contributed by atoms with Crippen LogP contribution >= 0.6 is 0 Å². The molecule has 1 unspecified atom stereocenters. The number of ether oxygens (including phenoxy) is 1. The lowest BCUT2D eigenvalue weighted by Gasteiger charge is -2.23. The molecule has 21 heavy (non-hydrogen) atoms. The summed E-state index contributed by atoms with van der Waals surface area (Å²) in [5.41, 5.74) is 1.11. The van der Waals surface area contributed by atoms with Gasteiger partial charge < -0.3 is 15.2 Å². The third-order valence-corrected chi connectivity index (χ3v) is 3.88. The van der Waals surface area contributed by atoms with Crippen molar-refractivity contribution in [2.75, 3.05) is 26.2 Å². The van der Waals surface area contributed by atoms with Crippen molar-refractivity contribution in [3.63, 3.8) is 0 Å². The van der Waals surface area contributed by atoms with Gasteiger partial charge in [-0.15, -0.1) is 0 Å². The van der Waals surface area contributed by atoms with Crippen molar-refractivity contribution in [1.82, 2.24) is 10.2 Å². The molecule has 5 nitrogen and oxygen atoms in total. The van der Waals surface area contributed by atoms with Gasteiger partial charge in [-0.2, -0.15) is 0 Å². The number of likely N-dealkylation sites (N-methyl/N-ethyl adjacent to an activating group) is 1. The van der Waals surface area contributed by atoms with Gasteiger partial charge in [-0.1, -0.05) is 19.1 Å². The molecule has 1 atom stereocenters. The van der Waals surface area contributed by atoms with Crippen molar-refractivity contribution in [1.29, 1.82) is 0 Å². The molecule has 0 aliphatic carbocycles. The molecule has 1 aromatic carbocycles. The normalized spacial score (nSPS) is 18.8. The van der Waals surface area contributed by atoms with Crippen LogP contribution in [0.4, 0.5) is 0 Å². The van der Waals surface area contributed by atoms with Crippen LogP contribution in [0.5, 0.6) is 5.75 Å². The van der Waals surface area contributed by atoms with Gasteiger partial charge in [0.15, 0.2) is 6.61 Å². The second kappa shape index (κ2) is 8.00. The van der Waals surface area contributed by atoms with Crippen LogP contribution in [0.1, 0.15) is 25.3 Å². The number of nitrogens with one attached hydrogen (secondary N) is 1. The summed E-state index contributed by atoms with van der Waals surface area (Å²) in [4.78, 5) is 13.0. The van der Waals surface area contributed by atoms with Crippen LogP contribution in [0.25, 0.3) is 0 Å². The molecule has 1 aliphatic rings. The Bertz CT molecular complexity index is 465. The smallest absolute Gasteiger partial charge is 0.341 e. The molecule has 2 rings (SSSR count). The molecule has 0 bridgehead atoms. The third-order valence-electron chi connectivity index (χ3n) is 3.88. The van der Waals surface area contributed by atoms with E-state index in [1.165, 1.54) is 19.4 Å². The summed E-state index contributed by atoms with van der Waals surface area (Å²) in [7, 11) is 0. The Labute approximate surface area is 125 Å². The monoisotopic (exact) mass is 292 g/mol. The third kappa shape index (κ3) is 5.02. The number of carboxylic acids is 1. The van der Waals surface area contributed by atoms with E-state index in [4.69, 9.17) is 9.84 Å². The van der Waals surface area contributed by atoms with E-state index in [0.29, 0.717) is 11.8 Å². The summed E-state index contributed by atoms with van der Waals surface area (Å²) in [5, 5.41) is 12.1. The zero-order valence-electron chi connectivity index (χ0n) is 12.5. The minimum Gasteiger partial charge on any atom is -0.482 e. The maximum Gasteiger partial charge on any atom is 0.341 e. The number of carboxylic acid groups (broad SMARTS) is 1. The fraction of sp³-hybridized carbons (Fsp3) is 0.562. The number of hydrogen-bond acceptors (Lipinski definition) is 4. The van der Waals surface area contributed by atoms with Crippen LogP contribution in [0.15, 0.2) is 24.3 Å². The Morgan fingerprint density at radius 2 is 2.38 bits per heavy atom. The van der Waals surface area contributed by atoms with Gasteiger partial charge in [0.25, 0.3) is 0 Å². The van der Waals surface area contributed by atoms with E-state index in [9.17, 15) is 4.79 Å². The summed E-state index contributed by atoms with van der Waals surface area (Å²) < 4.78 is 5.19. The van der Waals surface area contributed by atoms with Gasteiger partial charge in [-0.25, -0.2) is 4.79 Å². The van der Waals surface area contributed by atoms with Crippen LogP contribution in [-0.2, 0) is 11.3 Å². The molecule has 2 N–H and O–H groups in total. The SMILES string of the molecule is CCN1CCCC1CNCc1cccc(OCC(=O)O)c1. The van der Waals surface area contributed by atoms with Gasteiger partial charge in [0.05, 0.1) is 0 Å². The van der Waals surface area contributed by atoms with Gasteiger partial charge in [-0.3, -0.25) is 4.90 Å². The van der Waals surface area contributed by atoms with Gasteiger partial charge in [-0.05, 0) is 43.6 Å². The van der Waals surface area contributed by atoms with Crippen molar-refractivity contribution < 1.29 is 14.6 Å². The second-order valence-corrected chi connectivity index (χ2v) is 5.39. The first-order chi connectivity index (χ1) is 10.2. The second-order valence-electron chi connectivity index (χ2n) is 5.39. The molecule has 1 aliphatic heterocycles. The summed E-state index contributed by atoms with van der Waals surface area (Å²) in [6, 6.07) is 8.22. The highest BCUT2D eigenvalue weighted by Gasteiger charge is 2.21. The van der Waals surface area contributed by atoms with E-state index >= 15 is 0 Å². The van der Waals surface area contributed by atoms with E-state index in [-0.39, 0.29) is 6.61 Å². The fourth-order valence-corrected chi connectivity index (χ4v) is 2.82. The molecule has 5 heteroatoms. The molecule has 0 spiro atoms. The van der Waals surface area contributed by atoms with Crippen molar-refractivity contribution in [3.05, 3.63) is 29.8 Å². The Hall–Kier alpha value is -1.59. The predicted octanol–water partition coefficient (Wildman–Crippen LogP) is 1.72. The first-order valence-electron chi connectivity index (χ1n) is 7.57. The van der Waals surface area contributed by atoms with E-state index in [0.717, 1.165) is 25.2 Å². The highest BCUT2D eigenvalue weighted by atomic mass is 16.5. The molecule has 116 valence electrons. The first kappa shape index (κ1) is 15.8. The number of nitrogens with zero attached hydrogens (tertiary/aromatic N) is 1. The standard InChI is InChI=1S/C16H24N2O3/c1-2-18-8-4-6-14(18)11-17-10-13-5-3-7-15(9-13)21-12-16(19)20/h3,5,7,9,14,17H,2,4,6,8,10-12H2,1H3,(H,19,20). The fourth-order valence-electron chi connectivity index (χ4n) is 2.82. The summed E-state index contributed by atoms with van der Waals surface area (Å²) in [6.07, 6.45) is 2.56.